The number of fused-ring (bicyclic) bond motifs is 1. The normalized spacial score (nSPS) is 10.6. The molecule has 0 unspecified atom stereocenters. The maximum absolute atomic E-state index is 12.8. The Balaban J connectivity index is 1.83. The molecular weight excluding hydrogens is 376 g/mol. The average molecular weight is 397 g/mol. The predicted octanol–water partition coefficient (Wildman–Crippen LogP) is 4.03. The number of nitriles is 1. The van der Waals surface area contributed by atoms with Gasteiger partial charge < -0.3 is 14.2 Å². The molecule has 28 heavy (non-hydrogen) atoms. The van der Waals surface area contributed by atoms with Gasteiger partial charge in [0.25, 0.3) is 0 Å². The van der Waals surface area contributed by atoms with Crippen LogP contribution in [0.4, 0.5) is 0 Å². The Hall–Kier alpha value is -3.04. The molecule has 0 bridgehead atoms. The maximum atomic E-state index is 12.8. The van der Waals surface area contributed by atoms with Gasteiger partial charge in [-0.3, -0.25) is 4.79 Å². The van der Waals surface area contributed by atoms with Crippen molar-refractivity contribution in [3.8, 4) is 11.8 Å². The van der Waals surface area contributed by atoms with Crippen molar-refractivity contribution >= 4 is 28.5 Å². The van der Waals surface area contributed by atoms with Crippen molar-refractivity contribution in [2.45, 2.75) is 26.5 Å². The first-order valence-corrected chi connectivity index (χ1v) is 9.47. The highest BCUT2D eigenvalue weighted by Crippen LogP contribution is 2.20. The Bertz CT molecular complexity index is 992. The summed E-state index contributed by atoms with van der Waals surface area (Å²) in [5.74, 6) is 1.30. The van der Waals surface area contributed by atoms with Gasteiger partial charge in [-0.05, 0) is 43.3 Å². The monoisotopic (exact) mass is 396 g/mol. The number of para-hydroxylation sites is 2. The van der Waals surface area contributed by atoms with Crippen LogP contribution < -0.4 is 4.74 Å². The number of carbonyl (C=O) groups is 1. The van der Waals surface area contributed by atoms with E-state index in [0.717, 1.165) is 11.0 Å². The number of likely N-dealkylation sites (N-methyl/N-ethyl adjacent to an activating group) is 1. The molecule has 0 fully saturated rings. The summed E-state index contributed by atoms with van der Waals surface area (Å²) >= 11 is 5.91. The Morgan fingerprint density at radius 1 is 1.25 bits per heavy atom. The number of ether oxygens (including phenoxy) is 1. The van der Waals surface area contributed by atoms with E-state index in [1.165, 1.54) is 0 Å². The van der Waals surface area contributed by atoms with Crippen molar-refractivity contribution in [3.05, 3.63) is 59.4 Å². The first kappa shape index (κ1) is 19.7. The van der Waals surface area contributed by atoms with E-state index >= 15 is 0 Å². The highest BCUT2D eigenvalue weighted by molar-refractivity contribution is 6.30. The zero-order chi connectivity index (χ0) is 19.9. The van der Waals surface area contributed by atoms with Gasteiger partial charge in [-0.1, -0.05) is 23.7 Å². The molecule has 0 spiro atoms. The van der Waals surface area contributed by atoms with Gasteiger partial charge in [0.2, 0.25) is 5.91 Å². The number of imidazole rings is 1. The summed E-state index contributed by atoms with van der Waals surface area (Å²) in [5, 5.41) is 9.44. The van der Waals surface area contributed by atoms with Crippen LogP contribution in [0.15, 0.2) is 48.5 Å². The molecule has 1 aromatic heterocycles. The van der Waals surface area contributed by atoms with Gasteiger partial charge in [0.05, 0.1) is 23.5 Å². The Kier molecular flexibility index (Phi) is 6.51. The summed E-state index contributed by atoms with van der Waals surface area (Å²) in [4.78, 5) is 19.1. The van der Waals surface area contributed by atoms with Gasteiger partial charge in [0.1, 0.15) is 24.7 Å². The van der Waals surface area contributed by atoms with Crippen molar-refractivity contribution in [2.75, 3.05) is 13.1 Å². The molecule has 3 rings (SSSR count). The molecule has 1 heterocycles. The number of hydrogen-bond donors (Lipinski definition) is 0. The van der Waals surface area contributed by atoms with Gasteiger partial charge >= 0.3 is 0 Å². The first-order chi connectivity index (χ1) is 13.6. The van der Waals surface area contributed by atoms with E-state index in [9.17, 15) is 4.79 Å². The van der Waals surface area contributed by atoms with E-state index < -0.39 is 0 Å². The maximum Gasteiger partial charge on any atom is 0.242 e. The van der Waals surface area contributed by atoms with Crippen molar-refractivity contribution in [2.24, 2.45) is 0 Å². The molecule has 7 heteroatoms. The molecule has 0 atom stereocenters. The molecule has 0 saturated carbocycles. The smallest absolute Gasteiger partial charge is 0.242 e. The largest absolute Gasteiger partial charge is 0.486 e. The molecule has 2 aromatic carbocycles. The van der Waals surface area contributed by atoms with E-state index in [4.69, 9.17) is 21.6 Å². The van der Waals surface area contributed by atoms with Crippen LogP contribution in [0.2, 0.25) is 5.02 Å². The van der Waals surface area contributed by atoms with E-state index in [0.29, 0.717) is 36.1 Å². The highest BCUT2D eigenvalue weighted by atomic mass is 35.5. The van der Waals surface area contributed by atoms with E-state index in [-0.39, 0.29) is 19.1 Å². The zero-order valence-electron chi connectivity index (χ0n) is 15.6. The number of rotatable bonds is 8. The third-order valence-corrected chi connectivity index (χ3v) is 4.69. The lowest BCUT2D eigenvalue weighted by Crippen LogP contribution is -2.34. The second-order valence-corrected chi connectivity index (χ2v) is 6.66. The minimum Gasteiger partial charge on any atom is -0.486 e. The van der Waals surface area contributed by atoms with Crippen molar-refractivity contribution in [1.29, 1.82) is 5.26 Å². The second kappa shape index (κ2) is 9.25. The van der Waals surface area contributed by atoms with Crippen molar-refractivity contribution in [3.63, 3.8) is 0 Å². The van der Waals surface area contributed by atoms with Crippen LogP contribution in [-0.2, 0) is 17.9 Å². The Morgan fingerprint density at radius 2 is 2.00 bits per heavy atom. The summed E-state index contributed by atoms with van der Waals surface area (Å²) in [5.41, 5.74) is 1.69. The molecule has 1 amide bonds. The number of carbonyl (C=O) groups excluding carboxylic acids is 1. The molecule has 0 aliphatic rings. The Morgan fingerprint density at radius 3 is 2.71 bits per heavy atom. The summed E-state index contributed by atoms with van der Waals surface area (Å²) in [6, 6.07) is 16.9. The summed E-state index contributed by atoms with van der Waals surface area (Å²) in [7, 11) is 0. The number of nitrogens with zero attached hydrogens (tertiary/aromatic N) is 4. The summed E-state index contributed by atoms with van der Waals surface area (Å²) in [6.45, 7) is 3.28. The van der Waals surface area contributed by atoms with Crippen LogP contribution in [0.1, 0.15) is 19.2 Å². The number of aromatic nitrogens is 2. The molecule has 0 N–H and O–H groups in total. The average Bonchev–Trinajstić information content (AvgIpc) is 3.05. The lowest BCUT2D eigenvalue weighted by molar-refractivity contribution is -0.131. The molecular formula is C21H21ClN4O2. The van der Waals surface area contributed by atoms with Crippen molar-refractivity contribution < 1.29 is 9.53 Å². The Labute approximate surface area is 168 Å². The summed E-state index contributed by atoms with van der Waals surface area (Å²) in [6.07, 6.45) is 0.316. The highest BCUT2D eigenvalue weighted by Gasteiger charge is 2.17. The number of hydrogen-bond acceptors (Lipinski definition) is 4. The van der Waals surface area contributed by atoms with Crippen LogP contribution in [0, 0.1) is 11.3 Å². The van der Waals surface area contributed by atoms with Crippen LogP contribution in [0.5, 0.6) is 5.75 Å². The number of halogens is 1. The van der Waals surface area contributed by atoms with Crippen LogP contribution in [0.25, 0.3) is 11.0 Å². The first-order valence-electron chi connectivity index (χ1n) is 9.09. The predicted molar refractivity (Wildman–Crippen MR) is 108 cm³/mol. The van der Waals surface area contributed by atoms with Crippen LogP contribution >= 0.6 is 11.6 Å². The second-order valence-electron chi connectivity index (χ2n) is 6.23. The minimum atomic E-state index is -0.0476. The summed E-state index contributed by atoms with van der Waals surface area (Å²) < 4.78 is 7.72. The van der Waals surface area contributed by atoms with Gasteiger partial charge in [-0.2, -0.15) is 5.26 Å². The molecule has 0 radical (unpaired) electrons. The zero-order valence-corrected chi connectivity index (χ0v) is 16.4. The molecule has 0 aliphatic carbocycles. The van der Waals surface area contributed by atoms with E-state index in [2.05, 4.69) is 11.1 Å². The van der Waals surface area contributed by atoms with Crippen molar-refractivity contribution in [1.82, 2.24) is 14.5 Å². The van der Waals surface area contributed by atoms with Gasteiger partial charge in [0, 0.05) is 18.1 Å². The molecule has 3 aromatic rings. The molecule has 6 nitrogen and oxygen atoms in total. The fourth-order valence-corrected chi connectivity index (χ4v) is 3.10. The lowest BCUT2D eigenvalue weighted by atomic mass is 10.3. The topological polar surface area (TPSA) is 71.2 Å². The fraction of sp³-hybridized carbons (Fsp3) is 0.286. The minimum absolute atomic E-state index is 0.0476. The SMILES string of the molecule is CCN(CCC#N)C(=O)Cn1c(COc2ccc(Cl)cc2)nc2ccccc21. The quantitative estimate of drug-likeness (QED) is 0.576. The van der Waals surface area contributed by atoms with Gasteiger partial charge in [-0.15, -0.1) is 0 Å². The lowest BCUT2D eigenvalue weighted by Gasteiger charge is -2.20. The third kappa shape index (κ3) is 4.62. The fourth-order valence-electron chi connectivity index (χ4n) is 2.97. The molecule has 144 valence electrons. The van der Waals surface area contributed by atoms with Crippen LogP contribution in [-0.4, -0.2) is 33.4 Å². The van der Waals surface area contributed by atoms with Gasteiger partial charge in [0.15, 0.2) is 0 Å². The third-order valence-electron chi connectivity index (χ3n) is 4.44. The molecule has 0 saturated heterocycles. The standard InChI is InChI=1S/C21H21ClN4O2/c1-2-25(13-5-12-23)21(27)14-26-19-7-4-3-6-18(19)24-20(26)15-28-17-10-8-16(22)9-11-17/h3-4,6-11H,2,5,13-15H2,1H3. The van der Waals surface area contributed by atoms with Crippen LogP contribution in [0.3, 0.4) is 0 Å². The molecule has 0 aliphatic heterocycles. The van der Waals surface area contributed by atoms with E-state index in [1.54, 1.807) is 29.2 Å². The van der Waals surface area contributed by atoms with E-state index in [1.807, 2.05) is 35.8 Å². The number of amides is 1. The number of benzene rings is 2. The van der Waals surface area contributed by atoms with Gasteiger partial charge in [-0.25, -0.2) is 4.98 Å².